The largest absolute Gasteiger partial charge is 0.496 e. The molecule has 2 aromatic carbocycles. The summed E-state index contributed by atoms with van der Waals surface area (Å²) in [5.41, 5.74) is -0.171. The van der Waals surface area contributed by atoms with E-state index in [0.29, 0.717) is 22.4 Å². The molecular weight excluding hydrogens is 355 g/mol. The Morgan fingerprint density at radius 2 is 1.65 bits per heavy atom. The maximum Gasteiger partial charge on any atom is 0.339 e. The van der Waals surface area contributed by atoms with Crippen LogP contribution in [-0.2, 0) is 4.74 Å². The first kappa shape index (κ1) is 19.7. The third-order valence-corrected chi connectivity index (χ3v) is 3.73. The molecule has 0 heterocycles. The van der Waals surface area contributed by atoms with Gasteiger partial charge in [0.25, 0.3) is 0 Å². The molecule has 0 aliphatic heterocycles. The molecule has 1 unspecified atom stereocenters. The van der Waals surface area contributed by atoms with Crippen LogP contribution in [0.25, 0.3) is 0 Å². The lowest BCUT2D eigenvalue weighted by Crippen LogP contribution is -2.23. The van der Waals surface area contributed by atoms with Gasteiger partial charge >= 0.3 is 11.9 Å². The molecule has 6 nitrogen and oxygen atoms in total. The van der Waals surface area contributed by atoms with E-state index in [1.165, 1.54) is 13.2 Å². The first-order valence-electron chi connectivity index (χ1n) is 7.83. The Hall–Kier alpha value is -2.59. The van der Waals surface area contributed by atoms with Gasteiger partial charge < -0.3 is 19.3 Å². The predicted molar refractivity (Wildman–Crippen MR) is 101 cm³/mol. The molecule has 138 valence electrons. The number of carbonyl (C=O) groups is 2. The number of aromatic carboxylic acids is 1. The second-order valence-electron chi connectivity index (χ2n) is 6.52. The molecule has 0 amide bonds. The van der Waals surface area contributed by atoms with E-state index in [4.69, 9.17) is 14.2 Å². The topological polar surface area (TPSA) is 82.1 Å². The fourth-order valence-electron chi connectivity index (χ4n) is 2.12. The number of hydrogen-bond acceptors (Lipinski definition) is 5. The van der Waals surface area contributed by atoms with E-state index in [9.17, 15) is 14.7 Å². The van der Waals surface area contributed by atoms with E-state index in [0.717, 1.165) is 0 Å². The standard InChI is InChI=1S/C19H21O6P/c1-19(2,3)25-18(22)11-5-7-12(8-6-11)24-15-9-13(17(20)21)14(23-4)10-16(15)26/h5-10H,26H2,1-4H3,(H,20,21). The van der Waals surface area contributed by atoms with Gasteiger partial charge in [-0.05, 0) is 57.2 Å². The molecule has 0 bridgehead atoms. The van der Waals surface area contributed by atoms with E-state index in [1.54, 1.807) is 51.1 Å². The number of carboxylic acid groups (broad SMARTS) is 1. The number of esters is 1. The van der Waals surface area contributed by atoms with E-state index in [2.05, 4.69) is 9.24 Å². The van der Waals surface area contributed by atoms with Gasteiger partial charge in [-0.25, -0.2) is 9.59 Å². The highest BCUT2D eigenvalue weighted by molar-refractivity contribution is 7.27. The van der Waals surface area contributed by atoms with Crippen molar-refractivity contribution in [3.63, 3.8) is 0 Å². The lowest BCUT2D eigenvalue weighted by atomic mass is 10.1. The van der Waals surface area contributed by atoms with Gasteiger partial charge in [-0.2, -0.15) is 0 Å². The fraction of sp³-hybridized carbons (Fsp3) is 0.263. The molecule has 1 atom stereocenters. The first-order valence-corrected chi connectivity index (χ1v) is 8.40. The highest BCUT2D eigenvalue weighted by atomic mass is 31.0. The quantitative estimate of drug-likeness (QED) is 0.634. The monoisotopic (exact) mass is 376 g/mol. The van der Waals surface area contributed by atoms with Crippen molar-refractivity contribution in [1.29, 1.82) is 0 Å². The number of ether oxygens (including phenoxy) is 3. The molecule has 0 aromatic heterocycles. The smallest absolute Gasteiger partial charge is 0.339 e. The van der Waals surface area contributed by atoms with E-state index < -0.39 is 17.5 Å². The molecule has 26 heavy (non-hydrogen) atoms. The zero-order valence-corrected chi connectivity index (χ0v) is 16.2. The van der Waals surface area contributed by atoms with Crippen LogP contribution in [0.15, 0.2) is 36.4 Å². The van der Waals surface area contributed by atoms with Gasteiger partial charge in [0.2, 0.25) is 0 Å². The van der Waals surface area contributed by atoms with Crippen LogP contribution in [-0.4, -0.2) is 29.8 Å². The molecule has 0 spiro atoms. The lowest BCUT2D eigenvalue weighted by molar-refractivity contribution is 0.00693. The van der Waals surface area contributed by atoms with Crippen molar-refractivity contribution in [2.45, 2.75) is 26.4 Å². The fourth-order valence-corrected chi connectivity index (χ4v) is 2.42. The Morgan fingerprint density at radius 1 is 1.04 bits per heavy atom. The van der Waals surface area contributed by atoms with Gasteiger partial charge in [0.05, 0.1) is 12.7 Å². The van der Waals surface area contributed by atoms with E-state index in [-0.39, 0.29) is 11.3 Å². The molecule has 0 fully saturated rings. The first-order chi connectivity index (χ1) is 12.1. The van der Waals surface area contributed by atoms with Crippen molar-refractivity contribution in [3.05, 3.63) is 47.5 Å². The van der Waals surface area contributed by atoms with Gasteiger partial charge in [0.15, 0.2) is 0 Å². The number of hydrogen-bond donors (Lipinski definition) is 1. The van der Waals surface area contributed by atoms with Gasteiger partial charge in [-0.15, -0.1) is 9.24 Å². The van der Waals surface area contributed by atoms with Crippen LogP contribution in [0.3, 0.4) is 0 Å². The minimum Gasteiger partial charge on any atom is -0.496 e. The molecule has 0 saturated carbocycles. The summed E-state index contributed by atoms with van der Waals surface area (Å²) in [4.78, 5) is 23.4. The van der Waals surface area contributed by atoms with Gasteiger partial charge in [-0.3, -0.25) is 0 Å². The van der Waals surface area contributed by atoms with Gasteiger partial charge in [-0.1, -0.05) is 0 Å². The molecule has 0 aliphatic carbocycles. The summed E-state index contributed by atoms with van der Waals surface area (Å²) in [6, 6.07) is 9.38. The summed E-state index contributed by atoms with van der Waals surface area (Å²) in [5, 5.41) is 9.92. The number of benzene rings is 2. The number of carbonyl (C=O) groups excluding carboxylic acids is 1. The van der Waals surface area contributed by atoms with Crippen LogP contribution < -0.4 is 14.8 Å². The zero-order chi connectivity index (χ0) is 19.5. The van der Waals surface area contributed by atoms with Crippen molar-refractivity contribution in [2.24, 2.45) is 0 Å². The van der Waals surface area contributed by atoms with Crippen LogP contribution in [0, 0.1) is 0 Å². The summed E-state index contributed by atoms with van der Waals surface area (Å²) in [6.45, 7) is 5.39. The minimum absolute atomic E-state index is 0.000856. The van der Waals surface area contributed by atoms with Crippen molar-refractivity contribution >= 4 is 26.5 Å². The van der Waals surface area contributed by atoms with Crippen LogP contribution in [0.1, 0.15) is 41.5 Å². The van der Waals surface area contributed by atoms with Crippen molar-refractivity contribution in [3.8, 4) is 17.2 Å². The van der Waals surface area contributed by atoms with Gasteiger partial charge in [0.1, 0.15) is 28.4 Å². The normalized spacial score (nSPS) is 11.0. The van der Waals surface area contributed by atoms with Crippen molar-refractivity contribution in [2.75, 3.05) is 7.11 Å². The molecule has 1 N–H and O–H groups in total. The van der Waals surface area contributed by atoms with E-state index in [1.807, 2.05) is 0 Å². The van der Waals surface area contributed by atoms with Crippen LogP contribution in [0.5, 0.6) is 17.2 Å². The maximum absolute atomic E-state index is 12.0. The average molecular weight is 376 g/mol. The molecule has 2 rings (SSSR count). The Labute approximate surface area is 154 Å². The third-order valence-electron chi connectivity index (χ3n) is 3.28. The van der Waals surface area contributed by atoms with Crippen molar-refractivity contribution < 1.29 is 28.9 Å². The summed E-state index contributed by atoms with van der Waals surface area (Å²) in [7, 11) is 3.88. The second-order valence-corrected chi connectivity index (χ2v) is 7.15. The summed E-state index contributed by atoms with van der Waals surface area (Å²) < 4.78 is 16.1. The lowest BCUT2D eigenvalue weighted by Gasteiger charge is -2.19. The van der Waals surface area contributed by atoms with Gasteiger partial charge in [0, 0.05) is 5.30 Å². The minimum atomic E-state index is -1.11. The molecule has 0 aliphatic rings. The Balaban J connectivity index is 2.23. The highest BCUT2D eigenvalue weighted by Crippen LogP contribution is 2.28. The number of rotatable bonds is 5. The summed E-state index contributed by atoms with van der Waals surface area (Å²) >= 11 is 0. The maximum atomic E-state index is 12.0. The van der Waals surface area contributed by atoms with Crippen molar-refractivity contribution in [1.82, 2.24) is 0 Å². The molecule has 2 aromatic rings. The number of methoxy groups -OCH3 is 1. The van der Waals surface area contributed by atoms with E-state index >= 15 is 0 Å². The Bertz CT molecular complexity index is 821. The Morgan fingerprint density at radius 3 is 2.15 bits per heavy atom. The average Bonchev–Trinajstić information content (AvgIpc) is 2.55. The number of carboxylic acids is 1. The van der Waals surface area contributed by atoms with Crippen LogP contribution >= 0.6 is 9.24 Å². The molecule has 0 saturated heterocycles. The van der Waals surface area contributed by atoms with Crippen LogP contribution in [0.4, 0.5) is 0 Å². The molecule has 7 heteroatoms. The summed E-state index contributed by atoms with van der Waals surface area (Å²) in [5.74, 6) is -0.471. The molecular formula is C19H21O6P. The Kier molecular flexibility index (Phi) is 5.88. The SMILES string of the molecule is COc1cc(P)c(Oc2ccc(C(=O)OC(C)(C)C)cc2)cc1C(=O)O. The zero-order valence-electron chi connectivity index (χ0n) is 15.0. The highest BCUT2D eigenvalue weighted by Gasteiger charge is 2.18. The summed E-state index contributed by atoms with van der Waals surface area (Å²) in [6.07, 6.45) is 0. The predicted octanol–water partition coefficient (Wildman–Crippen LogP) is 3.64. The second kappa shape index (κ2) is 7.75. The van der Waals surface area contributed by atoms with Crippen LogP contribution in [0.2, 0.25) is 0 Å². The molecule has 0 radical (unpaired) electrons. The third kappa shape index (κ3) is 4.96.